The Hall–Kier alpha value is -1.26. The molecule has 0 saturated carbocycles. The average molecular weight is 272 g/mol. The van der Waals surface area contributed by atoms with Crippen LogP contribution in [-0.2, 0) is 4.79 Å². The summed E-state index contributed by atoms with van der Waals surface area (Å²) in [7, 11) is 1.77. The van der Waals surface area contributed by atoms with Crippen LogP contribution in [0.5, 0.6) is 0 Å². The van der Waals surface area contributed by atoms with Gasteiger partial charge in [0.15, 0.2) is 0 Å². The number of hydrogen-bond acceptors (Lipinski definition) is 2. The molecule has 19 heavy (non-hydrogen) atoms. The van der Waals surface area contributed by atoms with Crippen molar-refractivity contribution in [2.75, 3.05) is 20.1 Å². The summed E-state index contributed by atoms with van der Waals surface area (Å²) in [5.41, 5.74) is -0.376. The van der Waals surface area contributed by atoms with E-state index in [0.717, 1.165) is 6.42 Å². The molecular formula is C14H28N2O3. The third-order valence-electron chi connectivity index (χ3n) is 2.96. The van der Waals surface area contributed by atoms with Gasteiger partial charge in [-0.1, -0.05) is 13.8 Å². The minimum absolute atomic E-state index is 0.0268. The second kappa shape index (κ2) is 7.36. The van der Waals surface area contributed by atoms with Crippen LogP contribution in [0.4, 0.5) is 4.79 Å². The summed E-state index contributed by atoms with van der Waals surface area (Å²) >= 11 is 0. The van der Waals surface area contributed by atoms with Gasteiger partial charge in [0.1, 0.15) is 0 Å². The Morgan fingerprint density at radius 3 is 2.05 bits per heavy atom. The number of aliphatic carboxylic acids is 1. The number of carboxylic acids is 1. The summed E-state index contributed by atoms with van der Waals surface area (Å²) in [6.07, 6.45) is 0.917. The van der Waals surface area contributed by atoms with Gasteiger partial charge in [0.05, 0.1) is 6.42 Å². The first kappa shape index (κ1) is 17.7. The average Bonchev–Trinajstić information content (AvgIpc) is 2.23. The van der Waals surface area contributed by atoms with Gasteiger partial charge < -0.3 is 14.9 Å². The first-order chi connectivity index (χ1) is 8.55. The van der Waals surface area contributed by atoms with Crippen molar-refractivity contribution < 1.29 is 14.7 Å². The van der Waals surface area contributed by atoms with Gasteiger partial charge in [-0.3, -0.25) is 4.79 Å². The number of rotatable bonds is 6. The molecule has 112 valence electrons. The quantitative estimate of drug-likeness (QED) is 0.808. The fourth-order valence-corrected chi connectivity index (χ4v) is 1.68. The number of carboxylic acid groups (broad SMARTS) is 1. The zero-order chi connectivity index (χ0) is 15.2. The largest absolute Gasteiger partial charge is 0.481 e. The van der Waals surface area contributed by atoms with Gasteiger partial charge in [-0.25, -0.2) is 4.79 Å². The topological polar surface area (TPSA) is 60.9 Å². The Morgan fingerprint density at radius 1 is 1.16 bits per heavy atom. The number of carbonyl (C=O) groups excluding carboxylic acids is 1. The number of urea groups is 1. The summed E-state index contributed by atoms with van der Waals surface area (Å²) in [5, 5.41) is 8.77. The molecule has 0 heterocycles. The van der Waals surface area contributed by atoms with Crippen molar-refractivity contribution in [3.63, 3.8) is 0 Å². The van der Waals surface area contributed by atoms with Gasteiger partial charge in [0.2, 0.25) is 0 Å². The zero-order valence-electron chi connectivity index (χ0n) is 13.1. The Balaban J connectivity index is 4.66. The number of amides is 2. The van der Waals surface area contributed by atoms with Crippen molar-refractivity contribution in [2.24, 2.45) is 5.92 Å². The van der Waals surface area contributed by atoms with Crippen molar-refractivity contribution in [3.05, 3.63) is 0 Å². The molecule has 5 heteroatoms. The molecule has 0 aromatic carbocycles. The highest BCUT2D eigenvalue weighted by Crippen LogP contribution is 2.16. The van der Waals surface area contributed by atoms with Crippen LogP contribution in [0.25, 0.3) is 0 Å². The van der Waals surface area contributed by atoms with Gasteiger partial charge >= 0.3 is 12.0 Å². The molecule has 0 radical (unpaired) electrons. The van der Waals surface area contributed by atoms with E-state index in [1.807, 2.05) is 20.8 Å². The lowest BCUT2D eigenvalue weighted by Gasteiger charge is -2.38. The van der Waals surface area contributed by atoms with E-state index in [1.165, 1.54) is 0 Å². The smallest absolute Gasteiger partial charge is 0.320 e. The van der Waals surface area contributed by atoms with Crippen molar-refractivity contribution in [2.45, 2.75) is 53.0 Å². The molecule has 1 N–H and O–H groups in total. The van der Waals surface area contributed by atoms with Crippen molar-refractivity contribution in [3.8, 4) is 0 Å². The summed E-state index contributed by atoms with van der Waals surface area (Å²) in [6, 6.07) is -0.102. The van der Waals surface area contributed by atoms with Crippen molar-refractivity contribution in [1.29, 1.82) is 0 Å². The third kappa shape index (κ3) is 7.03. The molecule has 5 nitrogen and oxygen atoms in total. The standard InChI is InChI=1S/C14H28N2O3/c1-11(2)7-9-15(6)13(19)16(14(3,4)5)10-8-12(17)18/h11H,7-10H2,1-6H3,(H,17,18). The van der Waals surface area contributed by atoms with E-state index in [-0.39, 0.29) is 24.5 Å². The van der Waals surface area contributed by atoms with Crippen LogP contribution in [0.15, 0.2) is 0 Å². The summed E-state index contributed by atoms with van der Waals surface area (Å²) < 4.78 is 0. The molecule has 0 aromatic heterocycles. The van der Waals surface area contributed by atoms with Gasteiger partial charge in [0.25, 0.3) is 0 Å². The minimum Gasteiger partial charge on any atom is -0.481 e. The number of nitrogens with zero attached hydrogens (tertiary/aromatic N) is 2. The predicted molar refractivity (Wildman–Crippen MR) is 76.2 cm³/mol. The summed E-state index contributed by atoms with van der Waals surface area (Å²) in [6.45, 7) is 10.9. The van der Waals surface area contributed by atoms with E-state index >= 15 is 0 Å². The number of hydrogen-bond donors (Lipinski definition) is 1. The fraction of sp³-hybridized carbons (Fsp3) is 0.857. The van der Waals surface area contributed by atoms with Gasteiger partial charge in [-0.2, -0.15) is 0 Å². The van der Waals surface area contributed by atoms with Crippen LogP contribution in [0.2, 0.25) is 0 Å². The molecule has 0 fully saturated rings. The Kier molecular flexibility index (Phi) is 6.87. The minimum atomic E-state index is -0.883. The van der Waals surface area contributed by atoms with Crippen LogP contribution in [0, 0.1) is 5.92 Å². The predicted octanol–water partition coefficient (Wildman–Crippen LogP) is 2.66. The molecule has 2 amide bonds. The van der Waals surface area contributed by atoms with Crippen LogP contribution in [0.1, 0.15) is 47.5 Å². The monoisotopic (exact) mass is 272 g/mol. The van der Waals surface area contributed by atoms with Gasteiger partial charge in [0, 0.05) is 25.7 Å². The van der Waals surface area contributed by atoms with E-state index in [2.05, 4.69) is 13.8 Å². The molecular weight excluding hydrogens is 244 g/mol. The van der Waals surface area contributed by atoms with Crippen molar-refractivity contribution in [1.82, 2.24) is 9.80 Å². The SMILES string of the molecule is CC(C)CCN(C)C(=O)N(CCC(=O)O)C(C)(C)C. The molecule has 0 spiro atoms. The maximum atomic E-state index is 12.4. The lowest BCUT2D eigenvalue weighted by atomic mass is 10.1. The maximum absolute atomic E-state index is 12.4. The number of carbonyl (C=O) groups is 2. The van der Waals surface area contributed by atoms with Crippen LogP contribution in [0.3, 0.4) is 0 Å². The summed E-state index contributed by atoms with van der Waals surface area (Å²) in [4.78, 5) is 26.4. The first-order valence-electron chi connectivity index (χ1n) is 6.80. The highest BCUT2D eigenvalue weighted by atomic mass is 16.4. The molecule has 0 aromatic rings. The molecule has 0 aliphatic carbocycles. The Morgan fingerprint density at radius 2 is 1.68 bits per heavy atom. The lowest BCUT2D eigenvalue weighted by molar-refractivity contribution is -0.137. The first-order valence-corrected chi connectivity index (χ1v) is 6.80. The van der Waals surface area contributed by atoms with Crippen LogP contribution < -0.4 is 0 Å². The molecule has 0 aliphatic rings. The normalized spacial score (nSPS) is 11.5. The fourth-order valence-electron chi connectivity index (χ4n) is 1.68. The highest BCUT2D eigenvalue weighted by Gasteiger charge is 2.28. The van der Waals surface area contributed by atoms with Crippen LogP contribution in [-0.4, -0.2) is 52.6 Å². The van der Waals surface area contributed by atoms with E-state index in [1.54, 1.807) is 16.8 Å². The molecule has 0 unspecified atom stereocenters. The molecule has 0 atom stereocenters. The van der Waals surface area contributed by atoms with Gasteiger partial charge in [-0.15, -0.1) is 0 Å². The van der Waals surface area contributed by atoms with Gasteiger partial charge in [-0.05, 0) is 33.1 Å². The van der Waals surface area contributed by atoms with E-state index in [0.29, 0.717) is 12.5 Å². The molecule has 0 aliphatic heterocycles. The Labute approximate surface area is 116 Å². The second-order valence-electron chi connectivity index (χ2n) is 6.35. The van der Waals surface area contributed by atoms with E-state index in [4.69, 9.17) is 5.11 Å². The second-order valence-corrected chi connectivity index (χ2v) is 6.35. The summed E-state index contributed by atoms with van der Waals surface area (Å²) in [5.74, 6) is -0.343. The van der Waals surface area contributed by atoms with E-state index in [9.17, 15) is 9.59 Å². The van der Waals surface area contributed by atoms with Crippen molar-refractivity contribution >= 4 is 12.0 Å². The molecule has 0 rings (SSSR count). The highest BCUT2D eigenvalue weighted by molar-refractivity contribution is 5.76. The maximum Gasteiger partial charge on any atom is 0.320 e. The Bertz CT molecular complexity index is 308. The lowest BCUT2D eigenvalue weighted by Crippen LogP contribution is -2.51. The zero-order valence-corrected chi connectivity index (χ0v) is 13.1. The molecule has 0 saturated heterocycles. The van der Waals surface area contributed by atoms with E-state index < -0.39 is 5.97 Å². The third-order valence-corrected chi connectivity index (χ3v) is 2.96. The van der Waals surface area contributed by atoms with Crippen LogP contribution >= 0.6 is 0 Å². The molecule has 0 bridgehead atoms.